The maximum atomic E-state index is 11.3. The number of carbonyl (C=O) groups excluding carboxylic acids is 2. The molecule has 2 N–H and O–H groups in total. The molecule has 0 aromatic rings. The van der Waals surface area contributed by atoms with Gasteiger partial charge in [0.1, 0.15) is 12.2 Å². The minimum Gasteiger partial charge on any atom is -0.456 e. The summed E-state index contributed by atoms with van der Waals surface area (Å²) in [7, 11) is 0. The number of rotatable bonds is 1. The summed E-state index contributed by atoms with van der Waals surface area (Å²) in [6, 6.07) is 0. The molecule has 1 saturated carbocycles. The SMILES string of the molecule is CC(=O)O[C@@H]1C(=O)O[C@@H]2[C@@H](O)[C@H](O)C[C@@H]21. The molecular formula is C9H12O6. The lowest BCUT2D eigenvalue weighted by Gasteiger charge is -2.12. The molecule has 0 spiro atoms. The van der Waals surface area contributed by atoms with Crippen molar-refractivity contribution >= 4 is 11.9 Å². The van der Waals surface area contributed by atoms with E-state index >= 15 is 0 Å². The molecule has 6 heteroatoms. The molecule has 1 aliphatic carbocycles. The van der Waals surface area contributed by atoms with Gasteiger partial charge in [0.2, 0.25) is 6.10 Å². The quantitative estimate of drug-likeness (QED) is 0.523. The van der Waals surface area contributed by atoms with Gasteiger partial charge in [-0.3, -0.25) is 4.79 Å². The highest BCUT2D eigenvalue weighted by atomic mass is 16.6. The lowest BCUT2D eigenvalue weighted by Crippen LogP contribution is -2.30. The van der Waals surface area contributed by atoms with Crippen LogP contribution in [0.25, 0.3) is 0 Å². The van der Waals surface area contributed by atoms with Crippen molar-refractivity contribution in [3.63, 3.8) is 0 Å². The van der Waals surface area contributed by atoms with Gasteiger partial charge in [-0.1, -0.05) is 0 Å². The Hall–Kier alpha value is -1.14. The summed E-state index contributed by atoms with van der Waals surface area (Å²) in [5.41, 5.74) is 0. The van der Waals surface area contributed by atoms with Crippen LogP contribution in [0.2, 0.25) is 0 Å². The van der Waals surface area contributed by atoms with Crippen LogP contribution in [0, 0.1) is 5.92 Å². The third kappa shape index (κ3) is 1.59. The molecule has 2 aliphatic rings. The molecule has 0 radical (unpaired) electrons. The molecule has 2 fully saturated rings. The molecule has 1 aliphatic heterocycles. The second kappa shape index (κ2) is 3.46. The molecule has 0 amide bonds. The van der Waals surface area contributed by atoms with Crippen molar-refractivity contribution in [2.45, 2.75) is 37.8 Å². The van der Waals surface area contributed by atoms with Gasteiger partial charge in [0.15, 0.2) is 0 Å². The first-order valence-electron chi connectivity index (χ1n) is 4.74. The van der Waals surface area contributed by atoms with Crippen molar-refractivity contribution in [1.82, 2.24) is 0 Å². The molecular weight excluding hydrogens is 204 g/mol. The number of ether oxygens (including phenoxy) is 2. The Bertz CT molecular complexity index is 301. The minimum atomic E-state index is -1.08. The van der Waals surface area contributed by atoms with Crippen LogP contribution >= 0.6 is 0 Å². The Kier molecular flexibility index (Phi) is 2.40. The topological polar surface area (TPSA) is 93.1 Å². The molecule has 84 valence electrons. The fourth-order valence-electron chi connectivity index (χ4n) is 2.17. The van der Waals surface area contributed by atoms with Crippen LogP contribution in [0.15, 0.2) is 0 Å². The van der Waals surface area contributed by atoms with Crippen LogP contribution in [0.5, 0.6) is 0 Å². The first kappa shape index (κ1) is 10.4. The standard InChI is InChI=1S/C9H12O6/c1-3(10)14-8-4-2-5(11)6(12)7(4)15-9(8)13/h4-8,11-12H,2H2,1H3/t4-,5+,6-,7-,8-/m0/s1. The summed E-state index contributed by atoms with van der Waals surface area (Å²) in [5.74, 6) is -1.66. The zero-order chi connectivity index (χ0) is 11.2. The van der Waals surface area contributed by atoms with Crippen LogP contribution < -0.4 is 0 Å². The largest absolute Gasteiger partial charge is 0.456 e. The predicted octanol–water partition coefficient (Wildman–Crippen LogP) is -1.41. The van der Waals surface area contributed by atoms with E-state index in [0.717, 1.165) is 0 Å². The van der Waals surface area contributed by atoms with Crippen LogP contribution in [0.1, 0.15) is 13.3 Å². The number of hydrogen-bond donors (Lipinski definition) is 2. The van der Waals surface area contributed by atoms with Crippen molar-refractivity contribution in [1.29, 1.82) is 0 Å². The summed E-state index contributed by atoms with van der Waals surface area (Å²) in [4.78, 5) is 22.0. The number of aliphatic hydroxyl groups is 2. The second-order valence-corrected chi connectivity index (χ2v) is 3.89. The fraction of sp³-hybridized carbons (Fsp3) is 0.778. The third-order valence-electron chi connectivity index (χ3n) is 2.83. The van der Waals surface area contributed by atoms with Crippen molar-refractivity contribution in [3.8, 4) is 0 Å². The van der Waals surface area contributed by atoms with Crippen LogP contribution in [-0.4, -0.2) is 46.6 Å². The smallest absolute Gasteiger partial charge is 0.348 e. The number of fused-ring (bicyclic) bond motifs is 1. The van der Waals surface area contributed by atoms with E-state index in [9.17, 15) is 19.8 Å². The van der Waals surface area contributed by atoms with E-state index in [1.807, 2.05) is 0 Å². The fourth-order valence-corrected chi connectivity index (χ4v) is 2.17. The number of carbonyl (C=O) groups is 2. The average molecular weight is 216 g/mol. The van der Waals surface area contributed by atoms with Gasteiger partial charge in [-0.2, -0.15) is 0 Å². The zero-order valence-electron chi connectivity index (χ0n) is 8.12. The molecule has 15 heavy (non-hydrogen) atoms. The first-order valence-corrected chi connectivity index (χ1v) is 4.74. The van der Waals surface area contributed by atoms with Crippen LogP contribution in [-0.2, 0) is 19.1 Å². The molecule has 0 bridgehead atoms. The Labute approximate surface area is 85.8 Å². The number of aliphatic hydroxyl groups excluding tert-OH is 2. The van der Waals surface area contributed by atoms with Crippen molar-refractivity contribution in [2.24, 2.45) is 5.92 Å². The number of hydrogen-bond acceptors (Lipinski definition) is 6. The van der Waals surface area contributed by atoms with Gasteiger partial charge >= 0.3 is 11.9 Å². The van der Waals surface area contributed by atoms with Crippen molar-refractivity contribution in [3.05, 3.63) is 0 Å². The van der Waals surface area contributed by atoms with E-state index in [1.54, 1.807) is 0 Å². The summed E-state index contributed by atoms with van der Waals surface area (Å²) >= 11 is 0. The molecule has 1 heterocycles. The van der Waals surface area contributed by atoms with Crippen LogP contribution in [0.4, 0.5) is 0 Å². The Morgan fingerprint density at radius 3 is 2.80 bits per heavy atom. The van der Waals surface area contributed by atoms with E-state index in [1.165, 1.54) is 6.92 Å². The molecule has 6 nitrogen and oxygen atoms in total. The first-order chi connectivity index (χ1) is 7.00. The Morgan fingerprint density at radius 2 is 2.20 bits per heavy atom. The van der Waals surface area contributed by atoms with Crippen molar-refractivity contribution in [2.75, 3.05) is 0 Å². The van der Waals surface area contributed by atoms with Gasteiger partial charge < -0.3 is 19.7 Å². The van der Waals surface area contributed by atoms with E-state index in [-0.39, 0.29) is 6.42 Å². The molecule has 5 atom stereocenters. The van der Waals surface area contributed by atoms with Gasteiger partial charge in [0, 0.05) is 12.8 Å². The van der Waals surface area contributed by atoms with Gasteiger partial charge in [0.25, 0.3) is 0 Å². The van der Waals surface area contributed by atoms with Crippen molar-refractivity contribution < 1.29 is 29.3 Å². The monoisotopic (exact) mass is 216 g/mol. The average Bonchev–Trinajstić information content (AvgIpc) is 2.56. The third-order valence-corrected chi connectivity index (χ3v) is 2.83. The Balaban J connectivity index is 2.13. The Morgan fingerprint density at radius 1 is 1.53 bits per heavy atom. The maximum absolute atomic E-state index is 11.3. The van der Waals surface area contributed by atoms with Gasteiger partial charge in [-0.05, 0) is 6.42 Å². The lowest BCUT2D eigenvalue weighted by molar-refractivity contribution is -0.163. The zero-order valence-corrected chi connectivity index (χ0v) is 8.12. The van der Waals surface area contributed by atoms with Crippen LogP contribution in [0.3, 0.4) is 0 Å². The molecule has 0 aromatic heterocycles. The summed E-state index contributed by atoms with van der Waals surface area (Å²) < 4.78 is 9.65. The van der Waals surface area contributed by atoms with Gasteiger partial charge in [0.05, 0.1) is 6.10 Å². The minimum absolute atomic E-state index is 0.204. The number of esters is 2. The normalized spacial score (nSPS) is 43.7. The van der Waals surface area contributed by atoms with E-state index in [4.69, 9.17) is 9.47 Å². The molecule has 1 saturated heterocycles. The van der Waals surface area contributed by atoms with E-state index in [0.29, 0.717) is 0 Å². The van der Waals surface area contributed by atoms with Gasteiger partial charge in [-0.15, -0.1) is 0 Å². The predicted molar refractivity (Wildman–Crippen MR) is 45.6 cm³/mol. The molecule has 0 unspecified atom stereocenters. The van der Waals surface area contributed by atoms with E-state index < -0.39 is 42.3 Å². The van der Waals surface area contributed by atoms with E-state index in [2.05, 4.69) is 0 Å². The maximum Gasteiger partial charge on any atom is 0.348 e. The highest BCUT2D eigenvalue weighted by Gasteiger charge is 2.56. The highest BCUT2D eigenvalue weighted by molar-refractivity contribution is 5.81. The summed E-state index contributed by atoms with van der Waals surface area (Å²) in [6.45, 7) is 1.20. The second-order valence-electron chi connectivity index (χ2n) is 3.89. The summed E-state index contributed by atoms with van der Waals surface area (Å²) in [5, 5.41) is 18.8. The summed E-state index contributed by atoms with van der Waals surface area (Å²) in [6.07, 6.45) is -3.54. The molecule has 2 rings (SSSR count). The highest BCUT2D eigenvalue weighted by Crippen LogP contribution is 2.38. The lowest BCUT2D eigenvalue weighted by atomic mass is 10.0. The molecule has 0 aromatic carbocycles. The van der Waals surface area contributed by atoms with Gasteiger partial charge in [-0.25, -0.2) is 4.79 Å².